The lowest BCUT2D eigenvalue weighted by molar-refractivity contribution is -0.145. The normalized spacial score (nSPS) is 29.5. The van der Waals surface area contributed by atoms with Crippen LogP contribution in [0.5, 0.6) is 0 Å². The molecule has 3 aliphatic rings. The highest BCUT2D eigenvalue weighted by Gasteiger charge is 2.49. The number of aliphatic hydroxyl groups is 1. The summed E-state index contributed by atoms with van der Waals surface area (Å²) in [5.74, 6) is 0.481. The number of hydrogen-bond donors (Lipinski definition) is 1. The summed E-state index contributed by atoms with van der Waals surface area (Å²) in [6.45, 7) is 9.47. The van der Waals surface area contributed by atoms with Gasteiger partial charge in [0.2, 0.25) is 5.91 Å². The van der Waals surface area contributed by atoms with Crippen molar-refractivity contribution in [3.63, 3.8) is 0 Å². The van der Waals surface area contributed by atoms with E-state index in [1.54, 1.807) is 0 Å². The van der Waals surface area contributed by atoms with Crippen LogP contribution in [-0.2, 0) is 4.79 Å². The molecule has 0 radical (unpaired) electrons. The fraction of sp³-hybridized carbons (Fsp3) is 0.731. The molecule has 1 N–H and O–H groups in total. The van der Waals surface area contributed by atoms with E-state index in [2.05, 4.69) is 52.8 Å². The molecular weight excluding hydrogens is 386 g/mol. The lowest BCUT2D eigenvalue weighted by Crippen LogP contribution is -2.56. The maximum Gasteiger partial charge on any atom is 0.236 e. The number of likely N-dealkylation sites (tertiary alicyclic amines) is 2. The standard InChI is InChI=1S/C26H41N3O2/c1-3-27(4-2)22-13-11-21(12-14-22)25-23-10-6-7-15-26(23,31)16-19-29(25)20-24(30)28-17-8-5-9-18-28/h11-14,23,25,31H,3-10,15-20H2,1-2H3/t23-,25+,26+/m0/s1. The SMILES string of the molecule is CCN(CC)c1ccc([C@@H]2[C@@H]3CCCC[C@@]3(O)CCN2CC(=O)N2CCCCC2)cc1. The molecule has 0 bridgehead atoms. The molecule has 5 nitrogen and oxygen atoms in total. The van der Waals surface area contributed by atoms with E-state index in [-0.39, 0.29) is 17.9 Å². The summed E-state index contributed by atoms with van der Waals surface area (Å²) in [6, 6.07) is 9.07. The van der Waals surface area contributed by atoms with Gasteiger partial charge in [0.25, 0.3) is 0 Å². The Balaban J connectivity index is 1.58. The average Bonchev–Trinajstić information content (AvgIpc) is 2.81. The van der Waals surface area contributed by atoms with E-state index in [1.807, 2.05) is 0 Å². The van der Waals surface area contributed by atoms with Crippen LogP contribution in [0.15, 0.2) is 24.3 Å². The van der Waals surface area contributed by atoms with Gasteiger partial charge in [0, 0.05) is 50.4 Å². The number of amides is 1. The quantitative estimate of drug-likeness (QED) is 0.739. The van der Waals surface area contributed by atoms with Gasteiger partial charge in [0.15, 0.2) is 0 Å². The molecule has 0 spiro atoms. The predicted octanol–water partition coefficient (Wildman–Crippen LogP) is 4.21. The molecule has 3 atom stereocenters. The molecule has 0 unspecified atom stereocenters. The van der Waals surface area contributed by atoms with E-state index in [9.17, 15) is 9.90 Å². The molecule has 1 saturated carbocycles. The minimum Gasteiger partial charge on any atom is -0.389 e. The monoisotopic (exact) mass is 427 g/mol. The van der Waals surface area contributed by atoms with Crippen LogP contribution in [0, 0.1) is 5.92 Å². The van der Waals surface area contributed by atoms with Crippen LogP contribution in [0.4, 0.5) is 5.69 Å². The number of hydrogen-bond acceptors (Lipinski definition) is 4. The molecule has 172 valence electrons. The average molecular weight is 428 g/mol. The van der Waals surface area contributed by atoms with Crippen LogP contribution in [0.2, 0.25) is 0 Å². The van der Waals surface area contributed by atoms with E-state index in [4.69, 9.17) is 0 Å². The molecule has 31 heavy (non-hydrogen) atoms. The Morgan fingerprint density at radius 2 is 1.71 bits per heavy atom. The first kappa shape index (κ1) is 22.6. The largest absolute Gasteiger partial charge is 0.389 e. The van der Waals surface area contributed by atoms with E-state index in [0.717, 1.165) is 71.2 Å². The zero-order valence-electron chi connectivity index (χ0n) is 19.6. The number of carbonyl (C=O) groups is 1. The highest BCUT2D eigenvalue weighted by molar-refractivity contribution is 5.78. The summed E-state index contributed by atoms with van der Waals surface area (Å²) >= 11 is 0. The van der Waals surface area contributed by atoms with Gasteiger partial charge in [-0.1, -0.05) is 25.0 Å². The second-order valence-electron chi connectivity index (χ2n) is 9.83. The van der Waals surface area contributed by atoms with E-state index >= 15 is 0 Å². The van der Waals surface area contributed by atoms with Crippen LogP contribution in [0.25, 0.3) is 0 Å². The van der Waals surface area contributed by atoms with Crippen LogP contribution in [0.1, 0.15) is 76.8 Å². The van der Waals surface area contributed by atoms with Crippen LogP contribution < -0.4 is 4.90 Å². The summed E-state index contributed by atoms with van der Waals surface area (Å²) in [5.41, 5.74) is 1.93. The molecule has 3 fully saturated rings. The van der Waals surface area contributed by atoms with Crippen molar-refractivity contribution >= 4 is 11.6 Å². The number of benzene rings is 1. The minimum absolute atomic E-state index is 0.124. The highest BCUT2D eigenvalue weighted by atomic mass is 16.3. The zero-order valence-corrected chi connectivity index (χ0v) is 19.6. The Bertz CT molecular complexity index is 727. The van der Waals surface area contributed by atoms with Gasteiger partial charge in [-0.25, -0.2) is 0 Å². The number of piperidine rings is 2. The zero-order chi connectivity index (χ0) is 21.8. The van der Waals surface area contributed by atoms with Crippen molar-refractivity contribution in [2.75, 3.05) is 44.2 Å². The Hall–Kier alpha value is -1.59. The maximum absolute atomic E-state index is 13.1. The van der Waals surface area contributed by atoms with Crippen molar-refractivity contribution < 1.29 is 9.90 Å². The Morgan fingerprint density at radius 3 is 2.39 bits per heavy atom. The first-order chi connectivity index (χ1) is 15.1. The molecule has 1 amide bonds. The number of anilines is 1. The number of nitrogens with zero attached hydrogens (tertiary/aromatic N) is 3. The summed E-state index contributed by atoms with van der Waals surface area (Å²) in [6.07, 6.45) is 8.53. The number of rotatable bonds is 6. The Labute approximate surface area is 188 Å². The van der Waals surface area contributed by atoms with Gasteiger partial charge in [-0.15, -0.1) is 0 Å². The maximum atomic E-state index is 13.1. The summed E-state index contributed by atoms with van der Waals surface area (Å²) < 4.78 is 0. The summed E-state index contributed by atoms with van der Waals surface area (Å²) in [4.78, 5) is 19.9. The van der Waals surface area contributed by atoms with Crippen molar-refractivity contribution in [3.05, 3.63) is 29.8 Å². The van der Waals surface area contributed by atoms with Crippen LogP contribution >= 0.6 is 0 Å². The van der Waals surface area contributed by atoms with Crippen molar-refractivity contribution in [2.45, 2.75) is 76.9 Å². The van der Waals surface area contributed by atoms with Gasteiger partial charge in [-0.3, -0.25) is 9.69 Å². The van der Waals surface area contributed by atoms with E-state index < -0.39 is 5.60 Å². The predicted molar refractivity (Wildman–Crippen MR) is 126 cm³/mol. The molecule has 0 aromatic heterocycles. The van der Waals surface area contributed by atoms with Gasteiger partial charge in [0.05, 0.1) is 12.1 Å². The molecule has 1 aliphatic carbocycles. The summed E-state index contributed by atoms with van der Waals surface area (Å²) in [5, 5.41) is 11.5. The first-order valence-corrected chi connectivity index (χ1v) is 12.6. The second-order valence-corrected chi connectivity index (χ2v) is 9.83. The van der Waals surface area contributed by atoms with Crippen molar-refractivity contribution in [3.8, 4) is 0 Å². The van der Waals surface area contributed by atoms with Crippen LogP contribution in [0.3, 0.4) is 0 Å². The lowest BCUT2D eigenvalue weighted by atomic mass is 9.66. The molecule has 2 heterocycles. The Morgan fingerprint density at radius 1 is 1.00 bits per heavy atom. The third kappa shape index (κ3) is 4.78. The lowest BCUT2D eigenvalue weighted by Gasteiger charge is -2.52. The van der Waals surface area contributed by atoms with Crippen molar-refractivity contribution in [2.24, 2.45) is 5.92 Å². The molecule has 4 rings (SSSR count). The van der Waals surface area contributed by atoms with Crippen molar-refractivity contribution in [1.29, 1.82) is 0 Å². The molecule has 2 aliphatic heterocycles. The first-order valence-electron chi connectivity index (χ1n) is 12.6. The van der Waals surface area contributed by atoms with Gasteiger partial charge < -0.3 is 14.9 Å². The third-order valence-electron chi connectivity index (χ3n) is 8.08. The molecular formula is C26H41N3O2. The van der Waals surface area contributed by atoms with Gasteiger partial charge in [-0.05, 0) is 70.1 Å². The fourth-order valence-electron chi connectivity index (χ4n) is 6.25. The summed E-state index contributed by atoms with van der Waals surface area (Å²) in [7, 11) is 0. The van der Waals surface area contributed by atoms with E-state index in [1.165, 1.54) is 24.1 Å². The second kappa shape index (κ2) is 9.91. The topological polar surface area (TPSA) is 47.0 Å². The highest BCUT2D eigenvalue weighted by Crippen LogP contribution is 2.49. The minimum atomic E-state index is -0.578. The van der Waals surface area contributed by atoms with Gasteiger partial charge >= 0.3 is 0 Å². The van der Waals surface area contributed by atoms with Crippen molar-refractivity contribution in [1.82, 2.24) is 9.80 Å². The molecule has 1 aromatic carbocycles. The van der Waals surface area contributed by atoms with Gasteiger partial charge in [-0.2, -0.15) is 0 Å². The third-order valence-corrected chi connectivity index (χ3v) is 8.08. The van der Waals surface area contributed by atoms with E-state index in [0.29, 0.717) is 6.54 Å². The van der Waals surface area contributed by atoms with Gasteiger partial charge in [0.1, 0.15) is 0 Å². The molecule has 1 aromatic rings. The number of carbonyl (C=O) groups excluding carboxylic acids is 1. The smallest absolute Gasteiger partial charge is 0.236 e. The molecule has 5 heteroatoms. The molecule has 2 saturated heterocycles. The van der Waals surface area contributed by atoms with Crippen LogP contribution in [-0.4, -0.2) is 65.7 Å². The number of fused-ring (bicyclic) bond motifs is 1. The Kier molecular flexibility index (Phi) is 7.22. The fourth-order valence-corrected chi connectivity index (χ4v) is 6.25.